The van der Waals surface area contributed by atoms with E-state index < -0.39 is 0 Å². The lowest BCUT2D eigenvalue weighted by Crippen LogP contribution is -2.42. The van der Waals surface area contributed by atoms with Crippen LogP contribution in [0.3, 0.4) is 0 Å². The van der Waals surface area contributed by atoms with Crippen LogP contribution in [0.4, 0.5) is 0 Å². The number of ether oxygens (including phenoxy) is 2. The zero-order chi connectivity index (χ0) is 25.4. The summed E-state index contributed by atoms with van der Waals surface area (Å²) in [5.74, 6) is 2.83. The lowest BCUT2D eigenvalue weighted by atomic mass is 9.75. The number of benzene rings is 2. The zero-order valence-corrected chi connectivity index (χ0v) is 22.9. The number of methoxy groups -OCH3 is 2. The van der Waals surface area contributed by atoms with Crippen LogP contribution in [0.2, 0.25) is 5.02 Å². The topological polar surface area (TPSA) is 54.8 Å². The highest BCUT2D eigenvalue weighted by Crippen LogP contribution is 2.37. The Balaban J connectivity index is 1.23. The number of hydrogen-bond acceptors (Lipinski definition) is 6. The Morgan fingerprint density at radius 1 is 1.03 bits per heavy atom. The molecule has 0 saturated carbocycles. The molecule has 5 nitrogen and oxygen atoms in total. The van der Waals surface area contributed by atoms with Gasteiger partial charge in [0.05, 0.1) is 24.8 Å². The molecule has 0 bridgehead atoms. The molecule has 7 heteroatoms. The molecule has 0 unspecified atom stereocenters. The van der Waals surface area contributed by atoms with Gasteiger partial charge in [-0.3, -0.25) is 4.98 Å². The summed E-state index contributed by atoms with van der Waals surface area (Å²) in [7, 11) is 3.37. The molecule has 0 aliphatic carbocycles. The molecule has 1 aromatic heterocycles. The minimum absolute atomic E-state index is 0.0152. The van der Waals surface area contributed by atoms with E-state index in [0.29, 0.717) is 5.02 Å². The number of likely N-dealkylation sites (tertiary alicyclic amines) is 1. The molecule has 1 N–H and O–H groups in total. The standard InChI is InChI=1S/C29H37ClN2O3S/c1-34-22-6-9-24(10-7-22)36-18-4-15-32-16-13-29(21-33,14-17-32)12-3-5-25-26-19-23(35-2)8-11-28(26)31-20-27(25)30/h6-11,19-20,33H,3-5,12-18,21H2,1-2H3. The first-order valence-electron chi connectivity index (χ1n) is 12.8. The third-order valence-electron chi connectivity index (χ3n) is 7.47. The smallest absolute Gasteiger partial charge is 0.119 e. The van der Waals surface area contributed by atoms with E-state index in [1.807, 2.05) is 42.1 Å². The fraction of sp³-hybridized carbons (Fsp3) is 0.483. The van der Waals surface area contributed by atoms with E-state index >= 15 is 0 Å². The van der Waals surface area contributed by atoms with E-state index in [1.165, 1.54) is 11.3 Å². The highest BCUT2D eigenvalue weighted by Gasteiger charge is 2.33. The Kier molecular flexibility index (Phi) is 9.77. The predicted octanol–water partition coefficient (Wildman–Crippen LogP) is 6.49. The van der Waals surface area contributed by atoms with Crippen LogP contribution in [0, 0.1) is 5.41 Å². The molecule has 0 amide bonds. The maximum absolute atomic E-state index is 10.3. The van der Waals surface area contributed by atoms with E-state index in [1.54, 1.807) is 20.4 Å². The fourth-order valence-corrected chi connectivity index (χ4v) is 6.19. The number of rotatable bonds is 12. The molecule has 1 saturated heterocycles. The van der Waals surface area contributed by atoms with E-state index in [0.717, 1.165) is 85.5 Å². The minimum atomic E-state index is 0.0152. The summed E-state index contributed by atoms with van der Waals surface area (Å²) in [5, 5.41) is 12.1. The van der Waals surface area contributed by atoms with Gasteiger partial charge in [0.15, 0.2) is 0 Å². The summed E-state index contributed by atoms with van der Waals surface area (Å²) in [5.41, 5.74) is 2.08. The maximum Gasteiger partial charge on any atom is 0.119 e. The van der Waals surface area contributed by atoms with Gasteiger partial charge in [-0.05, 0) is 117 Å². The van der Waals surface area contributed by atoms with Crippen molar-refractivity contribution in [2.45, 2.75) is 43.4 Å². The number of nitrogens with zero attached hydrogens (tertiary/aromatic N) is 2. The quantitative estimate of drug-likeness (QED) is 0.214. The number of aromatic nitrogens is 1. The number of halogens is 1. The summed E-state index contributed by atoms with van der Waals surface area (Å²) in [6.45, 7) is 3.49. The van der Waals surface area contributed by atoms with Crippen molar-refractivity contribution in [2.24, 2.45) is 5.41 Å². The molecular weight excluding hydrogens is 492 g/mol. The van der Waals surface area contributed by atoms with Crippen LogP contribution in [0.25, 0.3) is 10.9 Å². The molecule has 1 fully saturated rings. The van der Waals surface area contributed by atoms with E-state index in [-0.39, 0.29) is 12.0 Å². The van der Waals surface area contributed by atoms with E-state index in [2.05, 4.69) is 22.0 Å². The molecule has 0 spiro atoms. The normalized spacial score (nSPS) is 15.8. The average Bonchev–Trinajstić information content (AvgIpc) is 2.93. The Labute approximate surface area is 224 Å². The largest absolute Gasteiger partial charge is 0.497 e. The number of hydrogen-bond donors (Lipinski definition) is 1. The van der Waals surface area contributed by atoms with E-state index in [4.69, 9.17) is 21.1 Å². The van der Waals surface area contributed by atoms with Gasteiger partial charge < -0.3 is 19.5 Å². The van der Waals surface area contributed by atoms with Crippen molar-refractivity contribution in [3.63, 3.8) is 0 Å². The summed E-state index contributed by atoms with van der Waals surface area (Å²) in [6.07, 6.45) is 7.89. The molecule has 2 heterocycles. The van der Waals surface area contributed by atoms with Gasteiger partial charge in [0.1, 0.15) is 11.5 Å². The molecular formula is C29H37ClN2O3S. The lowest BCUT2D eigenvalue weighted by molar-refractivity contribution is 0.0358. The highest BCUT2D eigenvalue weighted by atomic mass is 35.5. The second-order valence-electron chi connectivity index (χ2n) is 9.70. The third kappa shape index (κ3) is 6.86. The first-order chi connectivity index (χ1) is 17.6. The van der Waals surface area contributed by atoms with Crippen LogP contribution < -0.4 is 9.47 Å². The Morgan fingerprint density at radius 2 is 1.75 bits per heavy atom. The fourth-order valence-electron chi connectivity index (χ4n) is 5.11. The summed E-state index contributed by atoms with van der Waals surface area (Å²) in [6, 6.07) is 14.2. The van der Waals surface area contributed by atoms with Crippen molar-refractivity contribution in [3.8, 4) is 11.5 Å². The predicted molar refractivity (Wildman–Crippen MR) is 150 cm³/mol. The van der Waals surface area contributed by atoms with Crippen molar-refractivity contribution in [1.82, 2.24) is 9.88 Å². The number of thioether (sulfide) groups is 1. The molecule has 0 atom stereocenters. The monoisotopic (exact) mass is 528 g/mol. The van der Waals surface area contributed by atoms with Crippen molar-refractivity contribution < 1.29 is 14.6 Å². The van der Waals surface area contributed by atoms with Gasteiger partial charge in [-0.15, -0.1) is 11.8 Å². The second kappa shape index (κ2) is 13.0. The number of aryl methyl sites for hydroxylation is 1. The van der Waals surface area contributed by atoms with E-state index in [9.17, 15) is 5.11 Å². The number of aliphatic hydroxyl groups excluding tert-OH is 1. The van der Waals surface area contributed by atoms with Gasteiger partial charge >= 0.3 is 0 Å². The minimum Gasteiger partial charge on any atom is -0.497 e. The zero-order valence-electron chi connectivity index (χ0n) is 21.3. The van der Waals surface area contributed by atoms with Gasteiger partial charge in [-0.2, -0.15) is 0 Å². The van der Waals surface area contributed by atoms with Crippen molar-refractivity contribution in [2.75, 3.05) is 46.2 Å². The first kappa shape index (κ1) is 27.1. The molecule has 1 aliphatic rings. The molecule has 1 aliphatic heterocycles. The van der Waals surface area contributed by atoms with Crippen LogP contribution in [0.1, 0.15) is 37.7 Å². The van der Waals surface area contributed by atoms with Crippen LogP contribution in [-0.4, -0.2) is 61.2 Å². The number of pyridine rings is 1. The van der Waals surface area contributed by atoms with Crippen LogP contribution >= 0.6 is 23.4 Å². The van der Waals surface area contributed by atoms with Crippen molar-refractivity contribution >= 4 is 34.3 Å². The molecule has 36 heavy (non-hydrogen) atoms. The molecule has 194 valence electrons. The first-order valence-corrected chi connectivity index (χ1v) is 14.1. The number of piperidine rings is 1. The van der Waals surface area contributed by atoms with Gasteiger partial charge in [-0.25, -0.2) is 0 Å². The summed E-state index contributed by atoms with van der Waals surface area (Å²) >= 11 is 8.45. The van der Waals surface area contributed by atoms with Gasteiger partial charge in [-0.1, -0.05) is 11.6 Å². The second-order valence-corrected chi connectivity index (χ2v) is 11.3. The van der Waals surface area contributed by atoms with Crippen LogP contribution in [0.5, 0.6) is 11.5 Å². The maximum atomic E-state index is 10.3. The van der Waals surface area contributed by atoms with Crippen molar-refractivity contribution in [3.05, 3.63) is 59.2 Å². The van der Waals surface area contributed by atoms with Crippen LogP contribution in [-0.2, 0) is 6.42 Å². The Morgan fingerprint density at radius 3 is 2.44 bits per heavy atom. The molecule has 0 radical (unpaired) electrons. The SMILES string of the molecule is COc1ccc(SCCCN2CCC(CO)(CCCc3c(Cl)cnc4ccc(OC)cc34)CC2)cc1. The molecule has 4 rings (SSSR count). The molecule has 3 aromatic rings. The number of fused-ring (bicyclic) bond motifs is 1. The highest BCUT2D eigenvalue weighted by molar-refractivity contribution is 7.99. The third-order valence-corrected chi connectivity index (χ3v) is 8.89. The Hall–Kier alpha value is -1.99. The lowest BCUT2D eigenvalue weighted by Gasteiger charge is -2.41. The van der Waals surface area contributed by atoms with Gasteiger partial charge in [0.2, 0.25) is 0 Å². The Bertz CT molecular complexity index is 1120. The van der Waals surface area contributed by atoms with Crippen molar-refractivity contribution in [1.29, 1.82) is 0 Å². The van der Waals surface area contributed by atoms with Gasteiger partial charge in [0, 0.05) is 23.1 Å². The van der Waals surface area contributed by atoms with Gasteiger partial charge in [0.25, 0.3) is 0 Å². The number of aliphatic hydroxyl groups is 1. The summed E-state index contributed by atoms with van der Waals surface area (Å²) < 4.78 is 10.6. The summed E-state index contributed by atoms with van der Waals surface area (Å²) in [4.78, 5) is 8.31. The molecule has 2 aromatic carbocycles. The van der Waals surface area contributed by atoms with Crippen LogP contribution in [0.15, 0.2) is 53.6 Å². The average molecular weight is 529 g/mol.